The van der Waals surface area contributed by atoms with Crippen LogP contribution in [0.4, 0.5) is 5.69 Å². The minimum Gasteiger partial charge on any atom is -0.328 e. The molecule has 2 aliphatic rings. The van der Waals surface area contributed by atoms with Gasteiger partial charge in [0.05, 0.1) is 0 Å². The molecule has 0 unspecified atom stereocenters. The van der Waals surface area contributed by atoms with E-state index in [0.29, 0.717) is 0 Å². The highest BCUT2D eigenvalue weighted by Gasteiger charge is 2.23. The molecule has 1 aromatic carbocycles. The molecule has 3 rings (SSSR count). The molecular formula is C12H10N2O. The highest BCUT2D eigenvalue weighted by molar-refractivity contribution is 5.91. The molecule has 0 fully saturated rings. The molecule has 1 aromatic rings. The predicted octanol–water partition coefficient (Wildman–Crippen LogP) is 1.53. The molecule has 0 spiro atoms. The minimum absolute atomic E-state index is 0.0587. The first-order valence-corrected chi connectivity index (χ1v) is 4.89. The fourth-order valence-corrected chi connectivity index (χ4v) is 2.01. The molecule has 1 N–H and O–H groups in total. The van der Waals surface area contributed by atoms with Gasteiger partial charge < -0.3 is 10.2 Å². The third kappa shape index (κ3) is 1.24. The highest BCUT2D eigenvalue weighted by atomic mass is 16.1. The summed E-state index contributed by atoms with van der Waals surface area (Å²) in [7, 11) is 0. The number of para-hydroxylation sites is 1. The number of allylic oxidation sites excluding steroid dienone is 1. The van der Waals surface area contributed by atoms with Gasteiger partial charge in [-0.25, -0.2) is 0 Å². The molecule has 0 aromatic heterocycles. The van der Waals surface area contributed by atoms with E-state index in [2.05, 4.69) is 17.4 Å². The Hall–Kier alpha value is -2.03. The number of hydrogen-bond donors (Lipinski definition) is 1. The maximum atomic E-state index is 11.3. The lowest BCUT2D eigenvalue weighted by Crippen LogP contribution is -2.12. The fourth-order valence-electron chi connectivity index (χ4n) is 2.01. The van der Waals surface area contributed by atoms with Crippen molar-refractivity contribution < 1.29 is 4.79 Å². The van der Waals surface area contributed by atoms with E-state index in [9.17, 15) is 4.79 Å². The summed E-state index contributed by atoms with van der Waals surface area (Å²) in [5.41, 5.74) is 3.46. The zero-order valence-corrected chi connectivity index (χ0v) is 8.10. The van der Waals surface area contributed by atoms with E-state index in [4.69, 9.17) is 0 Å². The second-order valence-corrected chi connectivity index (χ2v) is 3.64. The summed E-state index contributed by atoms with van der Waals surface area (Å²) >= 11 is 0. The van der Waals surface area contributed by atoms with Crippen molar-refractivity contribution in [3.8, 4) is 0 Å². The Labute approximate surface area is 87.7 Å². The number of fused-ring (bicyclic) bond motifs is 3. The van der Waals surface area contributed by atoms with Crippen molar-refractivity contribution in [2.75, 3.05) is 4.90 Å². The first-order chi connectivity index (χ1) is 7.34. The van der Waals surface area contributed by atoms with Crippen molar-refractivity contribution in [1.82, 2.24) is 5.32 Å². The first kappa shape index (κ1) is 8.29. The Morgan fingerprint density at radius 3 is 3.07 bits per heavy atom. The van der Waals surface area contributed by atoms with Crippen LogP contribution < -0.4 is 10.2 Å². The predicted molar refractivity (Wildman–Crippen MR) is 58.0 cm³/mol. The molecule has 0 saturated carbocycles. The molecule has 0 atom stereocenters. The third-order valence-electron chi connectivity index (χ3n) is 2.68. The SMILES string of the molecule is O=C1C=C2Cc3ccccc3N2C=CN1. The molecule has 0 saturated heterocycles. The van der Waals surface area contributed by atoms with E-state index >= 15 is 0 Å². The lowest BCUT2D eigenvalue weighted by Gasteiger charge is -2.14. The number of rotatable bonds is 0. The highest BCUT2D eigenvalue weighted by Crippen LogP contribution is 2.34. The number of amides is 1. The van der Waals surface area contributed by atoms with Gasteiger partial charge in [-0.15, -0.1) is 0 Å². The van der Waals surface area contributed by atoms with Gasteiger partial charge in [0.1, 0.15) is 0 Å². The number of carbonyl (C=O) groups excluding carboxylic acids is 1. The number of nitrogens with one attached hydrogen (secondary N) is 1. The fraction of sp³-hybridized carbons (Fsp3) is 0.0833. The second-order valence-electron chi connectivity index (χ2n) is 3.64. The number of anilines is 1. The summed E-state index contributed by atoms with van der Waals surface area (Å²) in [6.07, 6.45) is 6.05. The maximum absolute atomic E-state index is 11.3. The molecule has 0 aliphatic carbocycles. The summed E-state index contributed by atoms with van der Waals surface area (Å²) < 4.78 is 0. The van der Waals surface area contributed by atoms with Crippen molar-refractivity contribution in [2.24, 2.45) is 0 Å². The molecule has 2 heterocycles. The van der Waals surface area contributed by atoms with Crippen LogP contribution in [0.2, 0.25) is 0 Å². The van der Waals surface area contributed by atoms with E-state index in [1.54, 1.807) is 12.3 Å². The monoisotopic (exact) mass is 198 g/mol. The summed E-state index contributed by atoms with van der Waals surface area (Å²) in [5.74, 6) is -0.0587. The molecular weight excluding hydrogens is 188 g/mol. The lowest BCUT2D eigenvalue weighted by molar-refractivity contribution is -0.115. The topological polar surface area (TPSA) is 32.3 Å². The van der Waals surface area contributed by atoms with Crippen LogP contribution in [0.25, 0.3) is 0 Å². The van der Waals surface area contributed by atoms with Gasteiger partial charge in [-0.1, -0.05) is 18.2 Å². The Kier molecular flexibility index (Phi) is 1.65. The smallest absolute Gasteiger partial charge is 0.249 e. The molecule has 3 heteroatoms. The zero-order chi connectivity index (χ0) is 10.3. The van der Waals surface area contributed by atoms with Gasteiger partial charge in [0.2, 0.25) is 5.91 Å². The number of benzene rings is 1. The van der Waals surface area contributed by atoms with Crippen molar-refractivity contribution in [3.63, 3.8) is 0 Å². The standard InChI is InChI=1S/C12H10N2O/c15-12-8-10-7-9-3-1-2-4-11(9)14(10)6-5-13-12/h1-6,8H,7H2,(H,13,15). The second kappa shape index (κ2) is 2.98. The van der Waals surface area contributed by atoms with Crippen molar-refractivity contribution in [1.29, 1.82) is 0 Å². The molecule has 74 valence electrons. The van der Waals surface area contributed by atoms with E-state index in [1.807, 2.05) is 23.2 Å². The average molecular weight is 198 g/mol. The van der Waals surface area contributed by atoms with Crippen LogP contribution in [0.5, 0.6) is 0 Å². The Morgan fingerprint density at radius 1 is 1.27 bits per heavy atom. The molecule has 0 radical (unpaired) electrons. The van der Waals surface area contributed by atoms with Gasteiger partial charge in [0.25, 0.3) is 0 Å². The van der Waals surface area contributed by atoms with Crippen molar-refractivity contribution in [3.05, 3.63) is 54.0 Å². The van der Waals surface area contributed by atoms with Crippen LogP contribution in [-0.2, 0) is 11.2 Å². The number of nitrogens with zero attached hydrogens (tertiary/aromatic N) is 1. The largest absolute Gasteiger partial charge is 0.328 e. The third-order valence-corrected chi connectivity index (χ3v) is 2.68. The van der Waals surface area contributed by atoms with E-state index in [-0.39, 0.29) is 5.91 Å². The van der Waals surface area contributed by atoms with Crippen LogP contribution in [0.1, 0.15) is 5.56 Å². The summed E-state index contributed by atoms with van der Waals surface area (Å²) in [5, 5.41) is 2.67. The summed E-state index contributed by atoms with van der Waals surface area (Å²) in [6.45, 7) is 0. The Bertz CT molecular complexity index is 488. The van der Waals surface area contributed by atoms with Gasteiger partial charge >= 0.3 is 0 Å². The van der Waals surface area contributed by atoms with Gasteiger partial charge in [-0.3, -0.25) is 4.79 Å². The van der Waals surface area contributed by atoms with Crippen LogP contribution in [-0.4, -0.2) is 5.91 Å². The van der Waals surface area contributed by atoms with Crippen LogP contribution in [0.3, 0.4) is 0 Å². The Balaban J connectivity index is 2.14. The van der Waals surface area contributed by atoms with Crippen LogP contribution in [0, 0.1) is 0 Å². The lowest BCUT2D eigenvalue weighted by atomic mass is 10.1. The van der Waals surface area contributed by atoms with E-state index in [1.165, 1.54) is 5.56 Å². The molecule has 0 bridgehead atoms. The summed E-state index contributed by atoms with van der Waals surface area (Å²) in [4.78, 5) is 13.4. The molecule has 3 nitrogen and oxygen atoms in total. The maximum Gasteiger partial charge on any atom is 0.249 e. The van der Waals surface area contributed by atoms with Crippen LogP contribution in [0.15, 0.2) is 48.4 Å². The minimum atomic E-state index is -0.0587. The van der Waals surface area contributed by atoms with Gasteiger partial charge in [0.15, 0.2) is 0 Å². The first-order valence-electron chi connectivity index (χ1n) is 4.89. The molecule has 1 amide bonds. The van der Waals surface area contributed by atoms with Crippen molar-refractivity contribution >= 4 is 11.6 Å². The van der Waals surface area contributed by atoms with E-state index in [0.717, 1.165) is 17.8 Å². The zero-order valence-electron chi connectivity index (χ0n) is 8.10. The number of carbonyl (C=O) groups is 1. The van der Waals surface area contributed by atoms with E-state index < -0.39 is 0 Å². The summed E-state index contributed by atoms with van der Waals surface area (Å²) in [6, 6.07) is 8.19. The average Bonchev–Trinajstić information content (AvgIpc) is 2.46. The number of hydrogen-bond acceptors (Lipinski definition) is 2. The van der Waals surface area contributed by atoms with Crippen molar-refractivity contribution in [2.45, 2.75) is 6.42 Å². The van der Waals surface area contributed by atoms with Gasteiger partial charge in [-0.05, 0) is 11.6 Å². The van der Waals surface area contributed by atoms with Gasteiger partial charge in [0, 0.05) is 36.3 Å². The van der Waals surface area contributed by atoms with Crippen LogP contribution >= 0.6 is 0 Å². The quantitative estimate of drug-likeness (QED) is 0.685. The molecule has 2 aliphatic heterocycles. The van der Waals surface area contributed by atoms with Gasteiger partial charge in [-0.2, -0.15) is 0 Å². The normalized spacial score (nSPS) is 17.7. The molecule has 15 heavy (non-hydrogen) atoms. The Morgan fingerprint density at radius 2 is 2.13 bits per heavy atom.